The smallest absolute Gasteiger partial charge is 0.191 e. The molecule has 0 spiro atoms. The number of nitrogens with zero attached hydrogens (tertiary/aromatic N) is 6. The predicted octanol–water partition coefficient (Wildman–Crippen LogP) is 1.07. The van der Waals surface area contributed by atoms with E-state index in [1.54, 1.807) is 6.33 Å². The van der Waals surface area contributed by atoms with Crippen LogP contribution in [0.15, 0.2) is 35.7 Å². The molecule has 3 rings (SSSR count). The van der Waals surface area contributed by atoms with Crippen molar-refractivity contribution in [3.63, 3.8) is 0 Å². The van der Waals surface area contributed by atoms with Crippen LogP contribution in [0.1, 0.15) is 25.6 Å². The Morgan fingerprint density at radius 1 is 1.31 bits per heavy atom. The first kappa shape index (κ1) is 18.2. The summed E-state index contributed by atoms with van der Waals surface area (Å²) in [6.45, 7) is 5.72. The average molecular weight is 356 g/mol. The van der Waals surface area contributed by atoms with Gasteiger partial charge in [0.2, 0.25) is 0 Å². The molecule has 8 nitrogen and oxygen atoms in total. The first-order valence-corrected chi connectivity index (χ1v) is 9.30. The zero-order chi connectivity index (χ0) is 18.2. The normalized spacial score (nSPS) is 15.9. The molecule has 0 aromatic carbocycles. The number of anilines is 1. The summed E-state index contributed by atoms with van der Waals surface area (Å²) in [5, 5.41) is 15.0. The van der Waals surface area contributed by atoms with Gasteiger partial charge in [-0.25, -0.2) is 4.98 Å². The summed E-state index contributed by atoms with van der Waals surface area (Å²) in [5.74, 6) is 2.93. The molecule has 0 saturated carbocycles. The Kier molecular flexibility index (Phi) is 6.40. The highest BCUT2D eigenvalue weighted by atomic mass is 15.3. The molecule has 0 unspecified atom stereocenters. The van der Waals surface area contributed by atoms with E-state index in [4.69, 9.17) is 0 Å². The van der Waals surface area contributed by atoms with Gasteiger partial charge in [-0.2, -0.15) is 0 Å². The van der Waals surface area contributed by atoms with E-state index in [0.29, 0.717) is 6.04 Å². The first-order chi connectivity index (χ1) is 12.8. The predicted molar refractivity (Wildman–Crippen MR) is 103 cm³/mol. The number of guanidine groups is 1. The van der Waals surface area contributed by atoms with E-state index < -0.39 is 0 Å². The molecule has 1 fully saturated rings. The third kappa shape index (κ3) is 4.71. The van der Waals surface area contributed by atoms with E-state index in [1.165, 1.54) is 0 Å². The number of nitrogens with one attached hydrogen (secondary N) is 2. The minimum Gasteiger partial charge on any atom is -0.356 e. The number of aryl methyl sites for hydroxylation is 1. The van der Waals surface area contributed by atoms with Crippen LogP contribution in [-0.4, -0.2) is 58.4 Å². The van der Waals surface area contributed by atoms with E-state index in [1.807, 2.05) is 25.4 Å². The van der Waals surface area contributed by atoms with Crippen LogP contribution in [0.2, 0.25) is 0 Å². The largest absolute Gasteiger partial charge is 0.356 e. The second-order valence-electron chi connectivity index (χ2n) is 6.39. The highest BCUT2D eigenvalue weighted by molar-refractivity contribution is 5.79. The molecule has 0 amide bonds. The summed E-state index contributed by atoms with van der Waals surface area (Å²) >= 11 is 0. The Hall–Kier alpha value is -2.64. The lowest BCUT2D eigenvalue weighted by molar-refractivity contribution is 0.458. The summed E-state index contributed by atoms with van der Waals surface area (Å²) < 4.78 is 2.08. The van der Waals surface area contributed by atoms with Crippen LogP contribution in [0, 0.1) is 0 Å². The maximum absolute atomic E-state index is 4.44. The zero-order valence-corrected chi connectivity index (χ0v) is 15.6. The third-order valence-electron chi connectivity index (χ3n) is 4.69. The number of hydrogen-bond acceptors (Lipinski definition) is 5. The van der Waals surface area contributed by atoms with Crippen LogP contribution in [0.4, 0.5) is 5.82 Å². The van der Waals surface area contributed by atoms with Crippen molar-refractivity contribution >= 4 is 11.8 Å². The highest BCUT2D eigenvalue weighted by Gasteiger charge is 2.20. The topological polar surface area (TPSA) is 83.3 Å². The van der Waals surface area contributed by atoms with Gasteiger partial charge in [0.15, 0.2) is 5.96 Å². The van der Waals surface area contributed by atoms with Crippen molar-refractivity contribution in [3.05, 3.63) is 36.5 Å². The highest BCUT2D eigenvalue weighted by Crippen LogP contribution is 2.17. The maximum atomic E-state index is 4.44. The number of pyridine rings is 1. The number of piperidine rings is 1. The van der Waals surface area contributed by atoms with Crippen LogP contribution >= 0.6 is 0 Å². The summed E-state index contributed by atoms with van der Waals surface area (Å²) in [7, 11) is 1.81. The van der Waals surface area contributed by atoms with E-state index >= 15 is 0 Å². The molecular weight excluding hydrogens is 328 g/mol. The van der Waals surface area contributed by atoms with Crippen LogP contribution in [0.5, 0.6) is 0 Å². The van der Waals surface area contributed by atoms with Crippen molar-refractivity contribution in [1.82, 2.24) is 30.4 Å². The minimum absolute atomic E-state index is 0.433. The molecule has 2 N–H and O–H groups in total. The van der Waals surface area contributed by atoms with Crippen LogP contribution in [0.3, 0.4) is 0 Å². The van der Waals surface area contributed by atoms with Crippen LogP contribution in [0.25, 0.3) is 0 Å². The second-order valence-corrected chi connectivity index (χ2v) is 6.39. The Labute approximate surface area is 154 Å². The fourth-order valence-electron chi connectivity index (χ4n) is 3.22. The lowest BCUT2D eigenvalue weighted by atomic mass is 10.1. The van der Waals surface area contributed by atoms with Gasteiger partial charge >= 0.3 is 0 Å². The molecule has 1 aliphatic rings. The van der Waals surface area contributed by atoms with E-state index in [2.05, 4.69) is 53.3 Å². The molecule has 26 heavy (non-hydrogen) atoms. The minimum atomic E-state index is 0.433. The average Bonchev–Trinajstić information content (AvgIpc) is 3.16. The fourth-order valence-corrected chi connectivity index (χ4v) is 3.22. The molecule has 140 valence electrons. The van der Waals surface area contributed by atoms with E-state index in [-0.39, 0.29) is 0 Å². The Morgan fingerprint density at radius 2 is 2.15 bits per heavy atom. The SMILES string of the molecule is CCc1nncn1CCNC(=NC)NC1CCN(c2ccccn2)CC1. The molecule has 0 aliphatic carbocycles. The maximum Gasteiger partial charge on any atom is 0.191 e. The Morgan fingerprint density at radius 3 is 2.85 bits per heavy atom. The van der Waals surface area contributed by atoms with Gasteiger partial charge in [0.1, 0.15) is 18.0 Å². The Balaban J connectivity index is 1.42. The van der Waals surface area contributed by atoms with Crippen LogP contribution < -0.4 is 15.5 Å². The quantitative estimate of drug-likeness (QED) is 0.595. The molecule has 0 atom stereocenters. The molecule has 0 bridgehead atoms. The molecule has 1 aliphatic heterocycles. The molecule has 2 aromatic rings. The van der Waals surface area contributed by atoms with Crippen molar-refractivity contribution in [2.75, 3.05) is 31.6 Å². The van der Waals surface area contributed by atoms with Gasteiger partial charge < -0.3 is 20.1 Å². The van der Waals surface area contributed by atoms with Gasteiger partial charge in [-0.3, -0.25) is 4.99 Å². The monoisotopic (exact) mass is 356 g/mol. The zero-order valence-electron chi connectivity index (χ0n) is 15.6. The van der Waals surface area contributed by atoms with E-state index in [0.717, 1.165) is 63.0 Å². The van der Waals surface area contributed by atoms with Crippen molar-refractivity contribution in [2.24, 2.45) is 4.99 Å². The molecule has 3 heterocycles. The number of hydrogen-bond donors (Lipinski definition) is 2. The molecule has 0 radical (unpaired) electrons. The van der Waals surface area contributed by atoms with Crippen molar-refractivity contribution < 1.29 is 0 Å². The summed E-state index contributed by atoms with van der Waals surface area (Å²) in [6.07, 6.45) is 6.67. The standard InChI is InChI=1S/C18H28N8/c1-3-16-24-22-14-26(16)13-10-21-18(19-2)23-15-7-11-25(12-8-15)17-6-4-5-9-20-17/h4-6,9,14-15H,3,7-8,10-13H2,1-2H3,(H2,19,21,23). The lowest BCUT2D eigenvalue weighted by Gasteiger charge is -2.33. The second kappa shape index (κ2) is 9.17. The number of rotatable bonds is 6. The van der Waals surface area contributed by atoms with Gasteiger partial charge in [0, 0.05) is 51.9 Å². The van der Waals surface area contributed by atoms with Crippen molar-refractivity contribution in [3.8, 4) is 0 Å². The van der Waals surface area contributed by atoms with Crippen molar-refractivity contribution in [2.45, 2.75) is 38.8 Å². The van der Waals surface area contributed by atoms with Gasteiger partial charge in [-0.1, -0.05) is 13.0 Å². The van der Waals surface area contributed by atoms with Gasteiger partial charge in [-0.15, -0.1) is 10.2 Å². The van der Waals surface area contributed by atoms with Gasteiger partial charge in [0.25, 0.3) is 0 Å². The molecular formula is C18H28N8. The Bertz CT molecular complexity index is 688. The lowest BCUT2D eigenvalue weighted by Crippen LogP contribution is -2.49. The first-order valence-electron chi connectivity index (χ1n) is 9.30. The molecule has 8 heteroatoms. The van der Waals surface area contributed by atoms with Gasteiger partial charge in [0.05, 0.1) is 0 Å². The molecule has 1 saturated heterocycles. The summed E-state index contributed by atoms with van der Waals surface area (Å²) in [6, 6.07) is 6.50. The van der Waals surface area contributed by atoms with E-state index in [9.17, 15) is 0 Å². The summed E-state index contributed by atoms with van der Waals surface area (Å²) in [5.41, 5.74) is 0. The van der Waals surface area contributed by atoms with Gasteiger partial charge in [-0.05, 0) is 25.0 Å². The third-order valence-corrected chi connectivity index (χ3v) is 4.69. The fraction of sp³-hybridized carbons (Fsp3) is 0.556. The number of aromatic nitrogens is 4. The summed E-state index contributed by atoms with van der Waals surface area (Å²) in [4.78, 5) is 11.1. The number of aliphatic imine (C=N–C) groups is 1. The molecule has 2 aromatic heterocycles. The van der Waals surface area contributed by atoms with Crippen molar-refractivity contribution in [1.29, 1.82) is 0 Å². The van der Waals surface area contributed by atoms with Crippen LogP contribution in [-0.2, 0) is 13.0 Å².